The van der Waals surface area contributed by atoms with Crippen molar-refractivity contribution in [1.82, 2.24) is 0 Å². The minimum absolute atomic E-state index is 0. The van der Waals surface area contributed by atoms with Crippen molar-refractivity contribution in [3.05, 3.63) is 0 Å². The summed E-state index contributed by atoms with van der Waals surface area (Å²) in [7, 11) is 0.652. The zero-order chi connectivity index (χ0) is 15.2. The van der Waals surface area contributed by atoms with E-state index < -0.39 is 0 Å². The lowest BCUT2D eigenvalue weighted by Gasteiger charge is -2.59. The third-order valence-electron chi connectivity index (χ3n) is 7.80. The van der Waals surface area contributed by atoms with E-state index in [2.05, 4.69) is 13.3 Å². The maximum absolute atomic E-state index is 2.71. The van der Waals surface area contributed by atoms with Crippen LogP contribution in [0, 0.1) is 17.8 Å². The summed E-state index contributed by atoms with van der Waals surface area (Å²) in [4.78, 5) is 0. The Labute approximate surface area is 157 Å². The maximum Gasteiger partial charge on any atom is 0 e. The van der Waals surface area contributed by atoms with E-state index in [0.29, 0.717) is 15.8 Å². The molecule has 2 atom stereocenters. The van der Waals surface area contributed by atoms with Gasteiger partial charge >= 0.3 is 0 Å². The fraction of sp³-hybridized carbons (Fsp3) is 1.00. The van der Waals surface area contributed by atoms with Gasteiger partial charge in [-0.2, -0.15) is 0 Å². The van der Waals surface area contributed by atoms with Gasteiger partial charge in [0.25, 0.3) is 0 Å². The number of hydrogen-bond donors (Lipinski definition) is 0. The molecule has 0 unspecified atom stereocenters. The lowest BCUT2D eigenvalue weighted by atomic mass is 9.56. The minimum atomic E-state index is 0. The van der Waals surface area contributed by atoms with E-state index in [0.717, 1.165) is 28.6 Å². The lowest BCUT2D eigenvalue weighted by molar-refractivity contribution is 0.0357. The Hall–Kier alpha value is 0.990. The van der Waals surface area contributed by atoms with Gasteiger partial charge in [-0.1, -0.05) is 19.3 Å². The van der Waals surface area contributed by atoms with Crippen molar-refractivity contribution in [2.75, 3.05) is 25.7 Å². The highest BCUT2D eigenvalue weighted by Gasteiger charge is 2.52. The summed E-state index contributed by atoms with van der Waals surface area (Å²) in [5.41, 5.74) is 1.14. The van der Waals surface area contributed by atoms with Crippen LogP contribution in [0.25, 0.3) is 0 Å². The summed E-state index contributed by atoms with van der Waals surface area (Å²) >= 11 is 0. The van der Waals surface area contributed by atoms with E-state index in [-0.39, 0.29) is 16.8 Å². The molecule has 24 heavy (non-hydrogen) atoms. The van der Waals surface area contributed by atoms with Crippen LogP contribution in [-0.4, -0.2) is 53.3 Å². The Kier molecular flexibility index (Phi) is 7.79. The average Bonchev–Trinajstić information content (AvgIpc) is 2.51. The van der Waals surface area contributed by atoms with Crippen molar-refractivity contribution in [3.8, 4) is 0 Å². The van der Waals surface area contributed by atoms with Crippen LogP contribution in [0.5, 0.6) is 0 Å². The van der Waals surface area contributed by atoms with Gasteiger partial charge in [0.15, 0.2) is 0 Å². The molecule has 0 aliphatic heterocycles. The fourth-order valence-electron chi connectivity index (χ4n) is 6.78. The van der Waals surface area contributed by atoms with E-state index >= 15 is 0 Å². The molecule has 0 aromatic rings. The van der Waals surface area contributed by atoms with Gasteiger partial charge in [-0.25, -0.2) is 0 Å². The van der Waals surface area contributed by atoms with Gasteiger partial charge in [0.2, 0.25) is 0 Å². The Morgan fingerprint density at radius 1 is 0.750 bits per heavy atom. The molecule has 4 heteroatoms. The topological polar surface area (TPSA) is 0 Å². The van der Waals surface area contributed by atoms with Crippen LogP contribution in [0.1, 0.15) is 70.6 Å². The average molecular weight is 360 g/mol. The second kappa shape index (κ2) is 8.79. The van der Waals surface area contributed by atoms with E-state index in [1.807, 2.05) is 0 Å². The van der Waals surface area contributed by atoms with E-state index in [9.17, 15) is 0 Å². The molecule has 0 heterocycles. The molecule has 0 saturated heterocycles. The van der Waals surface area contributed by atoms with E-state index in [1.54, 1.807) is 63.7 Å². The summed E-state index contributed by atoms with van der Waals surface area (Å²) in [5.74, 6) is 3.45. The highest BCUT2D eigenvalue weighted by molar-refractivity contribution is 7.62. The molecule has 0 N–H and O–H groups in total. The first-order valence-electron chi connectivity index (χ1n) is 10.1. The predicted octanol–water partition coefficient (Wildman–Crippen LogP) is 5.75. The Bertz CT molecular complexity index is 360. The highest BCUT2D eigenvalue weighted by atomic mass is 31.1. The largest absolute Gasteiger partial charge is 0.106 e. The molecule has 5 rings (SSSR count). The standard InChI is InChI=1S/C20H36P2.2B/c1-21(19-6-4-3-5-7-19)8-9-22(2)20-13-16-10-17(14-20)12-18(11-16)15-20;;/h16-19H,3-15H2,1-2H3;;/t16?,17?,18?,20?,21-,22-;;/m0../s1. The first kappa shape index (κ1) is 21.3. The summed E-state index contributed by atoms with van der Waals surface area (Å²) in [6, 6.07) is 0. The Morgan fingerprint density at radius 3 is 1.75 bits per heavy atom. The third kappa shape index (κ3) is 4.28. The molecule has 0 spiro atoms. The van der Waals surface area contributed by atoms with Crippen LogP contribution in [0.4, 0.5) is 0 Å². The second-order valence-corrected chi connectivity index (χ2v) is 14.8. The van der Waals surface area contributed by atoms with Gasteiger partial charge < -0.3 is 0 Å². The van der Waals surface area contributed by atoms with Crippen LogP contribution < -0.4 is 0 Å². The molecule has 5 aliphatic carbocycles. The smallest absolute Gasteiger partial charge is 0 e. The predicted molar refractivity (Wildman–Crippen MR) is 115 cm³/mol. The second-order valence-electron chi connectivity index (χ2n) is 9.34. The van der Waals surface area contributed by atoms with Gasteiger partial charge in [-0.15, -0.1) is 15.8 Å². The van der Waals surface area contributed by atoms with Gasteiger partial charge in [0, 0.05) is 16.8 Å². The number of rotatable bonds is 5. The first-order chi connectivity index (χ1) is 10.6. The van der Waals surface area contributed by atoms with Crippen LogP contribution >= 0.6 is 15.8 Å². The normalized spacial score (nSPS) is 40.5. The van der Waals surface area contributed by atoms with E-state index in [1.165, 1.54) is 19.3 Å². The van der Waals surface area contributed by atoms with Gasteiger partial charge in [0.05, 0.1) is 0 Å². The SMILES string of the molecule is C[P@@](CC[P@](C)C12CC3CC(CC(C3)C1)C2)C1CCCCC1.[B].[B]. The first-order valence-corrected chi connectivity index (χ1v) is 14.1. The molecular weight excluding hydrogens is 324 g/mol. The quantitative estimate of drug-likeness (QED) is 0.433. The molecule has 5 fully saturated rings. The van der Waals surface area contributed by atoms with Crippen LogP contribution in [0.2, 0.25) is 0 Å². The zero-order valence-corrected chi connectivity index (χ0v) is 17.8. The lowest BCUT2D eigenvalue weighted by Crippen LogP contribution is -2.49. The van der Waals surface area contributed by atoms with Gasteiger partial charge in [-0.3, -0.25) is 0 Å². The molecule has 0 aromatic heterocycles. The van der Waals surface area contributed by atoms with E-state index in [4.69, 9.17) is 0 Å². The Morgan fingerprint density at radius 2 is 1.25 bits per heavy atom. The monoisotopic (exact) mass is 360 g/mol. The van der Waals surface area contributed by atoms with Crippen molar-refractivity contribution in [2.45, 2.75) is 81.4 Å². The summed E-state index contributed by atoms with van der Waals surface area (Å²) in [5, 5.41) is 0.868. The van der Waals surface area contributed by atoms with Crippen LogP contribution in [-0.2, 0) is 0 Å². The summed E-state index contributed by atoms with van der Waals surface area (Å²) in [6.07, 6.45) is 20.8. The third-order valence-corrected chi connectivity index (χ3v) is 13.9. The van der Waals surface area contributed by atoms with Crippen molar-refractivity contribution < 1.29 is 0 Å². The van der Waals surface area contributed by atoms with Crippen LogP contribution in [0.3, 0.4) is 0 Å². The summed E-state index contributed by atoms with van der Waals surface area (Å²) in [6.45, 7) is 5.36. The molecule has 5 aliphatic rings. The maximum atomic E-state index is 2.71. The molecule has 5 saturated carbocycles. The molecule has 0 amide bonds. The molecule has 0 aromatic carbocycles. The molecule has 0 nitrogen and oxygen atoms in total. The molecule has 6 radical (unpaired) electrons. The van der Waals surface area contributed by atoms with Crippen molar-refractivity contribution >= 4 is 32.7 Å². The van der Waals surface area contributed by atoms with Crippen LogP contribution in [0.15, 0.2) is 0 Å². The highest BCUT2D eigenvalue weighted by Crippen LogP contribution is 2.67. The number of hydrogen-bond acceptors (Lipinski definition) is 0. The zero-order valence-electron chi connectivity index (χ0n) is 16.1. The summed E-state index contributed by atoms with van der Waals surface area (Å²) < 4.78 is 0. The minimum Gasteiger partial charge on any atom is -0.106 e. The van der Waals surface area contributed by atoms with Crippen molar-refractivity contribution in [3.63, 3.8) is 0 Å². The Balaban J connectivity index is 0.00000104. The molecular formula is C20H36B2P2. The van der Waals surface area contributed by atoms with Gasteiger partial charge in [-0.05, 0) is 106 Å². The molecule has 132 valence electrons. The van der Waals surface area contributed by atoms with Gasteiger partial charge in [0.1, 0.15) is 0 Å². The molecule has 4 bridgehead atoms. The van der Waals surface area contributed by atoms with Crippen molar-refractivity contribution in [1.29, 1.82) is 0 Å². The van der Waals surface area contributed by atoms with Crippen molar-refractivity contribution in [2.24, 2.45) is 17.8 Å². The fourth-order valence-corrected chi connectivity index (χ4v) is 13.0.